The molecule has 3 heterocycles. The van der Waals surface area contributed by atoms with Gasteiger partial charge in [0.25, 0.3) is 0 Å². The fourth-order valence-corrected chi connectivity index (χ4v) is 4.17. The molecule has 0 aromatic carbocycles. The number of hydrogen-bond acceptors (Lipinski definition) is 6. The van der Waals surface area contributed by atoms with Crippen molar-refractivity contribution in [3.63, 3.8) is 0 Å². The molecule has 1 N–H and O–H groups in total. The minimum absolute atomic E-state index is 0.0443. The van der Waals surface area contributed by atoms with Crippen LogP contribution < -0.4 is 5.32 Å². The molecule has 0 bridgehead atoms. The number of carbonyl (C=O) groups excluding carboxylic acids is 3. The van der Waals surface area contributed by atoms with E-state index in [0.717, 1.165) is 17.4 Å². The number of amides is 3. The summed E-state index contributed by atoms with van der Waals surface area (Å²) in [5.74, 6) is -1.47. The highest BCUT2D eigenvalue weighted by Crippen LogP contribution is 2.29. The number of rotatable bonds is 5. The Morgan fingerprint density at radius 2 is 1.82 bits per heavy atom. The van der Waals surface area contributed by atoms with Crippen molar-refractivity contribution >= 4 is 17.9 Å². The van der Waals surface area contributed by atoms with Crippen LogP contribution in [-0.2, 0) is 33.6 Å². The first kappa shape index (κ1) is 25.8. The number of carbonyl (C=O) groups is 3. The average molecular weight is 489 g/mol. The number of likely N-dealkylation sites (tertiary alicyclic amines) is 1. The second-order valence-corrected chi connectivity index (χ2v) is 9.65. The molecule has 10 nitrogen and oxygen atoms in total. The Morgan fingerprint density at radius 1 is 1.12 bits per heavy atom. The summed E-state index contributed by atoms with van der Waals surface area (Å²) in [7, 11) is 0. The number of alkyl carbamates (subject to hydrolysis) is 1. The van der Waals surface area contributed by atoms with Crippen LogP contribution in [0.1, 0.15) is 65.0 Å². The van der Waals surface area contributed by atoms with Crippen LogP contribution in [0.15, 0.2) is 0 Å². The number of nitrogens with zero attached hydrogens (tertiary/aromatic N) is 5. The molecule has 0 spiro atoms. The minimum atomic E-state index is -4.63. The van der Waals surface area contributed by atoms with E-state index in [1.807, 2.05) is 0 Å². The molecule has 13 heteroatoms. The van der Waals surface area contributed by atoms with E-state index >= 15 is 0 Å². The molecule has 1 aromatic rings. The number of aromatic nitrogens is 3. The first-order valence-electron chi connectivity index (χ1n) is 11.3. The van der Waals surface area contributed by atoms with Crippen molar-refractivity contribution in [1.82, 2.24) is 29.9 Å². The summed E-state index contributed by atoms with van der Waals surface area (Å²) in [6.07, 6.45) is -3.47. The highest BCUT2D eigenvalue weighted by atomic mass is 19.4. The quantitative estimate of drug-likeness (QED) is 0.681. The highest BCUT2D eigenvalue weighted by Gasteiger charge is 2.40. The standard InChI is InChI=1S/C21H31F3N6O4/c1-13(29-8-6-5-7-16(29)31)14(25-19(33)34-20(2,3)4)11-17(32)28-9-10-30-15(12-28)26-27-18(30)21(22,23)24/h13-14H,5-12H2,1-4H3,(H,25,33). The van der Waals surface area contributed by atoms with Gasteiger partial charge in [0.2, 0.25) is 17.6 Å². The predicted octanol–water partition coefficient (Wildman–Crippen LogP) is 2.32. The van der Waals surface area contributed by atoms with E-state index in [1.54, 1.807) is 32.6 Å². The zero-order valence-corrected chi connectivity index (χ0v) is 19.8. The summed E-state index contributed by atoms with van der Waals surface area (Å²) in [6.45, 7) is 7.25. The van der Waals surface area contributed by atoms with Crippen molar-refractivity contribution in [1.29, 1.82) is 0 Å². The zero-order valence-electron chi connectivity index (χ0n) is 19.8. The molecule has 0 aliphatic carbocycles. The van der Waals surface area contributed by atoms with Gasteiger partial charge < -0.3 is 24.4 Å². The average Bonchev–Trinajstić information content (AvgIpc) is 3.15. The largest absolute Gasteiger partial charge is 0.451 e. The van der Waals surface area contributed by atoms with Gasteiger partial charge in [0.05, 0.1) is 12.6 Å². The number of halogens is 3. The number of fused-ring (bicyclic) bond motifs is 1. The maximum absolute atomic E-state index is 13.1. The molecule has 0 saturated carbocycles. The molecular formula is C21H31F3N6O4. The summed E-state index contributed by atoms with van der Waals surface area (Å²) >= 11 is 0. The van der Waals surface area contributed by atoms with E-state index in [-0.39, 0.29) is 43.7 Å². The van der Waals surface area contributed by atoms with E-state index in [9.17, 15) is 27.6 Å². The van der Waals surface area contributed by atoms with E-state index < -0.39 is 35.8 Å². The van der Waals surface area contributed by atoms with Gasteiger partial charge in [-0.15, -0.1) is 10.2 Å². The maximum atomic E-state index is 13.1. The number of alkyl halides is 3. The molecule has 2 aliphatic rings. The molecule has 34 heavy (non-hydrogen) atoms. The Bertz CT molecular complexity index is 927. The normalized spacial score (nSPS) is 18.9. The Kier molecular flexibility index (Phi) is 7.41. The summed E-state index contributed by atoms with van der Waals surface area (Å²) in [5.41, 5.74) is -0.754. The smallest absolute Gasteiger partial charge is 0.444 e. The van der Waals surface area contributed by atoms with Crippen molar-refractivity contribution in [3.8, 4) is 0 Å². The highest BCUT2D eigenvalue weighted by molar-refractivity contribution is 5.80. The van der Waals surface area contributed by atoms with Crippen LogP contribution in [0, 0.1) is 0 Å². The Labute approximate surface area is 195 Å². The topological polar surface area (TPSA) is 110 Å². The van der Waals surface area contributed by atoms with Crippen LogP contribution >= 0.6 is 0 Å². The van der Waals surface area contributed by atoms with Crippen LogP contribution in [0.4, 0.5) is 18.0 Å². The van der Waals surface area contributed by atoms with Crippen molar-refractivity contribution in [2.75, 3.05) is 13.1 Å². The van der Waals surface area contributed by atoms with E-state index in [4.69, 9.17) is 4.74 Å². The van der Waals surface area contributed by atoms with Gasteiger partial charge in [0.1, 0.15) is 5.60 Å². The van der Waals surface area contributed by atoms with E-state index in [0.29, 0.717) is 13.0 Å². The lowest BCUT2D eigenvalue weighted by atomic mass is 10.00. The summed E-state index contributed by atoms with van der Waals surface area (Å²) < 4.78 is 45.6. The van der Waals surface area contributed by atoms with Gasteiger partial charge in [-0.1, -0.05) is 0 Å². The first-order valence-corrected chi connectivity index (χ1v) is 11.3. The lowest BCUT2D eigenvalue weighted by Crippen LogP contribution is -2.55. The molecular weight excluding hydrogens is 457 g/mol. The molecule has 3 rings (SSSR count). The first-order chi connectivity index (χ1) is 15.8. The Hall–Kier alpha value is -2.86. The summed E-state index contributed by atoms with van der Waals surface area (Å²) in [4.78, 5) is 41.1. The van der Waals surface area contributed by atoms with Crippen LogP contribution in [-0.4, -0.2) is 73.2 Å². The molecule has 1 saturated heterocycles. The fourth-order valence-electron chi connectivity index (χ4n) is 4.17. The third-order valence-electron chi connectivity index (χ3n) is 5.89. The lowest BCUT2D eigenvalue weighted by molar-refractivity contribution is -0.148. The maximum Gasteiger partial charge on any atom is 0.451 e. The van der Waals surface area contributed by atoms with Gasteiger partial charge in [-0.2, -0.15) is 13.2 Å². The molecule has 1 aromatic heterocycles. The van der Waals surface area contributed by atoms with Crippen LogP contribution in [0.25, 0.3) is 0 Å². The molecule has 2 aliphatic heterocycles. The fraction of sp³-hybridized carbons (Fsp3) is 0.762. The minimum Gasteiger partial charge on any atom is -0.444 e. The van der Waals surface area contributed by atoms with Crippen molar-refractivity contribution in [2.45, 2.75) is 90.3 Å². The monoisotopic (exact) mass is 488 g/mol. The molecule has 1 fully saturated rings. The van der Waals surface area contributed by atoms with Gasteiger partial charge in [0, 0.05) is 38.5 Å². The third kappa shape index (κ3) is 6.17. The second kappa shape index (κ2) is 9.79. The number of ether oxygens (including phenoxy) is 1. The van der Waals surface area contributed by atoms with Gasteiger partial charge in [-0.25, -0.2) is 4.79 Å². The second-order valence-electron chi connectivity index (χ2n) is 9.65. The molecule has 2 atom stereocenters. The van der Waals surface area contributed by atoms with Crippen molar-refractivity contribution in [2.24, 2.45) is 0 Å². The summed E-state index contributed by atoms with van der Waals surface area (Å²) in [5, 5.41) is 9.55. The van der Waals surface area contributed by atoms with Gasteiger partial charge >= 0.3 is 12.3 Å². The predicted molar refractivity (Wildman–Crippen MR) is 113 cm³/mol. The number of piperidine rings is 1. The number of hydrogen-bond donors (Lipinski definition) is 1. The SMILES string of the molecule is CC(C(CC(=O)N1CCn2c(nnc2C(F)(F)F)C1)NC(=O)OC(C)(C)C)N1CCCCC1=O. The van der Waals surface area contributed by atoms with Crippen LogP contribution in [0.3, 0.4) is 0 Å². The van der Waals surface area contributed by atoms with Gasteiger partial charge in [-0.05, 0) is 40.5 Å². The molecule has 2 unspecified atom stereocenters. The molecule has 190 valence electrons. The number of nitrogens with one attached hydrogen (secondary N) is 1. The Balaban J connectivity index is 1.73. The van der Waals surface area contributed by atoms with Crippen molar-refractivity contribution in [3.05, 3.63) is 11.6 Å². The van der Waals surface area contributed by atoms with E-state index in [2.05, 4.69) is 15.5 Å². The van der Waals surface area contributed by atoms with Crippen LogP contribution in [0.2, 0.25) is 0 Å². The lowest BCUT2D eigenvalue weighted by Gasteiger charge is -2.38. The van der Waals surface area contributed by atoms with Gasteiger partial charge in [0.15, 0.2) is 5.82 Å². The zero-order chi connectivity index (χ0) is 25.3. The van der Waals surface area contributed by atoms with Crippen molar-refractivity contribution < 1.29 is 32.3 Å². The van der Waals surface area contributed by atoms with Crippen LogP contribution in [0.5, 0.6) is 0 Å². The van der Waals surface area contributed by atoms with E-state index in [1.165, 1.54) is 4.90 Å². The Morgan fingerprint density at radius 3 is 2.44 bits per heavy atom. The van der Waals surface area contributed by atoms with Gasteiger partial charge in [-0.3, -0.25) is 9.59 Å². The molecule has 3 amide bonds. The third-order valence-corrected chi connectivity index (χ3v) is 5.89. The summed E-state index contributed by atoms with van der Waals surface area (Å²) in [6, 6.07) is -1.22. The molecule has 0 radical (unpaired) electrons.